The molecule has 170 valence electrons. The third kappa shape index (κ3) is 5.51. The van der Waals surface area contributed by atoms with Crippen LogP contribution < -0.4 is 5.32 Å². The zero-order valence-electron chi connectivity index (χ0n) is 17.7. The number of benzene rings is 2. The molecule has 1 aliphatic rings. The molecule has 0 aliphatic carbocycles. The molecule has 0 saturated carbocycles. The van der Waals surface area contributed by atoms with E-state index in [4.69, 9.17) is 4.98 Å². The second-order valence-corrected chi connectivity index (χ2v) is 11.1. The van der Waals surface area contributed by atoms with Crippen LogP contribution in [0.3, 0.4) is 0 Å². The second kappa shape index (κ2) is 10.1. The van der Waals surface area contributed by atoms with Crippen LogP contribution in [0.2, 0.25) is 0 Å². The molecular weight excluding hydrogens is 477 g/mol. The molecule has 1 saturated heterocycles. The van der Waals surface area contributed by atoms with E-state index >= 15 is 0 Å². The lowest BCUT2D eigenvalue weighted by molar-refractivity contribution is -0.129. The molecule has 2 aromatic heterocycles. The van der Waals surface area contributed by atoms with Crippen molar-refractivity contribution in [3.63, 3.8) is 0 Å². The lowest BCUT2D eigenvalue weighted by Gasteiger charge is -2.31. The number of hydrogen-bond donors (Lipinski definition) is 1. The number of nitrogens with one attached hydrogen (secondary N) is 1. The number of rotatable bonds is 7. The van der Waals surface area contributed by atoms with Gasteiger partial charge in [0, 0.05) is 25.6 Å². The van der Waals surface area contributed by atoms with E-state index in [0.29, 0.717) is 23.3 Å². The number of aromatic nitrogens is 3. The third-order valence-electron chi connectivity index (χ3n) is 5.52. The number of carbonyl (C=O) groups excluding carboxylic acids is 1. The molecule has 3 heterocycles. The standard InChI is InChI=1S/C23H22FN5OS3/c24-17-9-7-15(8-10-17)12-25-22-27-28-23(33-22)31-14-20(30)29-11-3-4-16(13-29)21-26-18-5-1-2-6-19(18)32-21/h1-2,5-10,16H,3-4,11-14H2,(H,25,27). The van der Waals surface area contributed by atoms with Crippen LogP contribution >= 0.6 is 34.4 Å². The van der Waals surface area contributed by atoms with Gasteiger partial charge in [0.15, 0.2) is 4.34 Å². The van der Waals surface area contributed by atoms with Gasteiger partial charge in [-0.1, -0.05) is 47.4 Å². The first kappa shape index (κ1) is 22.2. The fraction of sp³-hybridized carbons (Fsp3) is 0.304. The average molecular weight is 500 g/mol. The number of piperidine rings is 1. The molecule has 33 heavy (non-hydrogen) atoms. The summed E-state index contributed by atoms with van der Waals surface area (Å²) in [5.74, 6) is 0.521. The molecule has 10 heteroatoms. The second-order valence-electron chi connectivity index (χ2n) is 7.84. The minimum atomic E-state index is -0.252. The first-order valence-electron chi connectivity index (χ1n) is 10.7. The Kier molecular flexibility index (Phi) is 6.84. The van der Waals surface area contributed by atoms with Gasteiger partial charge in [-0.3, -0.25) is 4.79 Å². The molecule has 1 fully saturated rings. The summed E-state index contributed by atoms with van der Waals surface area (Å²) in [7, 11) is 0. The topological polar surface area (TPSA) is 71.0 Å². The van der Waals surface area contributed by atoms with Gasteiger partial charge >= 0.3 is 0 Å². The van der Waals surface area contributed by atoms with Crippen molar-refractivity contribution in [2.45, 2.75) is 29.6 Å². The summed E-state index contributed by atoms with van der Waals surface area (Å²) in [6.45, 7) is 2.06. The fourth-order valence-electron chi connectivity index (χ4n) is 3.80. The number of amides is 1. The van der Waals surface area contributed by atoms with Crippen LogP contribution in [0.5, 0.6) is 0 Å². The molecule has 1 aliphatic heterocycles. The lowest BCUT2D eigenvalue weighted by atomic mass is 9.99. The fourth-order valence-corrected chi connectivity index (χ4v) is 6.55. The third-order valence-corrected chi connectivity index (χ3v) is 8.71. The summed E-state index contributed by atoms with van der Waals surface area (Å²) < 4.78 is 15.0. The van der Waals surface area contributed by atoms with Gasteiger partial charge in [0.05, 0.1) is 21.0 Å². The van der Waals surface area contributed by atoms with E-state index in [9.17, 15) is 9.18 Å². The number of carbonyl (C=O) groups is 1. The maximum absolute atomic E-state index is 13.0. The number of hydrogen-bond acceptors (Lipinski definition) is 8. The van der Waals surface area contributed by atoms with Crippen molar-refractivity contribution >= 4 is 55.7 Å². The zero-order chi connectivity index (χ0) is 22.6. The number of anilines is 1. The number of para-hydroxylation sites is 1. The maximum Gasteiger partial charge on any atom is 0.233 e. The van der Waals surface area contributed by atoms with Crippen molar-refractivity contribution < 1.29 is 9.18 Å². The van der Waals surface area contributed by atoms with E-state index in [1.807, 2.05) is 23.1 Å². The SMILES string of the molecule is O=C(CSc1nnc(NCc2ccc(F)cc2)s1)N1CCCC(c2nc3ccccc3s2)C1. The van der Waals surface area contributed by atoms with E-state index < -0.39 is 0 Å². The number of thioether (sulfide) groups is 1. The highest BCUT2D eigenvalue weighted by atomic mass is 32.2. The molecule has 6 nitrogen and oxygen atoms in total. The lowest BCUT2D eigenvalue weighted by Crippen LogP contribution is -2.40. The highest BCUT2D eigenvalue weighted by Gasteiger charge is 2.27. The molecule has 2 aromatic carbocycles. The van der Waals surface area contributed by atoms with Crippen molar-refractivity contribution in [1.29, 1.82) is 0 Å². The van der Waals surface area contributed by atoms with Gasteiger partial charge in [-0.2, -0.15) is 0 Å². The van der Waals surface area contributed by atoms with E-state index in [1.54, 1.807) is 23.5 Å². The Bertz CT molecular complexity index is 1210. The molecule has 1 amide bonds. The highest BCUT2D eigenvalue weighted by molar-refractivity contribution is 8.01. The first-order chi connectivity index (χ1) is 16.1. The highest BCUT2D eigenvalue weighted by Crippen LogP contribution is 2.33. The van der Waals surface area contributed by atoms with Crippen molar-refractivity contribution in [3.8, 4) is 0 Å². The molecule has 4 aromatic rings. The smallest absolute Gasteiger partial charge is 0.233 e. The summed E-state index contributed by atoms with van der Waals surface area (Å²) in [6, 6.07) is 14.5. The Balaban J connectivity index is 1.13. The molecular formula is C23H22FN5OS3. The minimum absolute atomic E-state index is 0.127. The number of likely N-dealkylation sites (tertiary alicyclic amines) is 1. The Morgan fingerprint density at radius 2 is 2.00 bits per heavy atom. The average Bonchev–Trinajstić information content (AvgIpc) is 3.49. The Hall–Kier alpha value is -2.56. The van der Waals surface area contributed by atoms with E-state index in [1.165, 1.54) is 39.9 Å². The van der Waals surface area contributed by atoms with E-state index in [0.717, 1.165) is 46.4 Å². The predicted molar refractivity (Wildman–Crippen MR) is 133 cm³/mol. The number of halogens is 1. The van der Waals surface area contributed by atoms with Crippen molar-refractivity contribution in [3.05, 3.63) is 64.9 Å². The quantitative estimate of drug-likeness (QED) is 0.344. The van der Waals surface area contributed by atoms with Gasteiger partial charge in [-0.15, -0.1) is 21.5 Å². The molecule has 1 atom stereocenters. The molecule has 0 spiro atoms. The molecule has 5 rings (SSSR count). The Morgan fingerprint density at radius 1 is 1.15 bits per heavy atom. The number of fused-ring (bicyclic) bond motifs is 1. The van der Waals surface area contributed by atoms with Crippen LogP contribution in [0.4, 0.5) is 9.52 Å². The Labute approximate surface area is 203 Å². The summed E-state index contributed by atoms with van der Waals surface area (Å²) in [5.41, 5.74) is 2.00. The van der Waals surface area contributed by atoms with Crippen LogP contribution in [-0.4, -0.2) is 44.8 Å². The summed E-state index contributed by atoms with van der Waals surface area (Å²) in [6.07, 6.45) is 2.06. The molecule has 1 N–H and O–H groups in total. The molecule has 0 bridgehead atoms. The van der Waals surface area contributed by atoms with Crippen LogP contribution in [-0.2, 0) is 11.3 Å². The van der Waals surface area contributed by atoms with Crippen LogP contribution in [0.15, 0.2) is 52.9 Å². The first-order valence-corrected chi connectivity index (χ1v) is 13.3. The van der Waals surface area contributed by atoms with Crippen molar-refractivity contribution in [2.75, 3.05) is 24.2 Å². The van der Waals surface area contributed by atoms with Crippen LogP contribution in [0.1, 0.15) is 29.3 Å². The van der Waals surface area contributed by atoms with Crippen molar-refractivity contribution in [1.82, 2.24) is 20.1 Å². The van der Waals surface area contributed by atoms with E-state index in [-0.39, 0.29) is 11.7 Å². The van der Waals surface area contributed by atoms with Gasteiger partial charge in [0.25, 0.3) is 0 Å². The van der Waals surface area contributed by atoms with Crippen molar-refractivity contribution in [2.24, 2.45) is 0 Å². The van der Waals surface area contributed by atoms with Gasteiger partial charge in [0.1, 0.15) is 5.82 Å². The minimum Gasteiger partial charge on any atom is -0.356 e. The molecule has 1 unspecified atom stereocenters. The predicted octanol–water partition coefficient (Wildman–Crippen LogP) is 5.40. The summed E-state index contributed by atoms with van der Waals surface area (Å²) >= 11 is 4.58. The Morgan fingerprint density at radius 3 is 2.85 bits per heavy atom. The monoisotopic (exact) mass is 499 g/mol. The van der Waals surface area contributed by atoms with Crippen LogP contribution in [0, 0.1) is 5.82 Å². The van der Waals surface area contributed by atoms with Gasteiger partial charge in [-0.25, -0.2) is 9.37 Å². The zero-order valence-corrected chi connectivity index (χ0v) is 20.2. The normalized spacial score (nSPS) is 16.3. The van der Waals surface area contributed by atoms with Gasteiger partial charge in [-0.05, 0) is 42.7 Å². The number of nitrogens with zero attached hydrogens (tertiary/aromatic N) is 4. The molecule has 0 radical (unpaired) electrons. The largest absolute Gasteiger partial charge is 0.356 e. The van der Waals surface area contributed by atoms with E-state index in [2.05, 4.69) is 21.6 Å². The van der Waals surface area contributed by atoms with Gasteiger partial charge < -0.3 is 10.2 Å². The van der Waals surface area contributed by atoms with Gasteiger partial charge in [0.2, 0.25) is 11.0 Å². The number of thiazole rings is 1. The van der Waals surface area contributed by atoms with Crippen LogP contribution in [0.25, 0.3) is 10.2 Å². The summed E-state index contributed by atoms with van der Waals surface area (Å²) in [4.78, 5) is 19.6. The maximum atomic E-state index is 13.0. The summed E-state index contributed by atoms with van der Waals surface area (Å²) in [5, 5.41) is 13.3.